The molecule has 0 amide bonds. The van der Waals surface area contributed by atoms with Gasteiger partial charge in [0.05, 0.1) is 22.7 Å². The fourth-order valence-corrected chi connectivity index (χ4v) is 9.02. The molecule has 2 aliphatic rings. The van der Waals surface area contributed by atoms with Crippen molar-refractivity contribution in [1.82, 2.24) is 0 Å². The van der Waals surface area contributed by atoms with Crippen molar-refractivity contribution in [2.24, 2.45) is 0 Å². The average Bonchev–Trinajstić information content (AvgIpc) is 3.25. The molecule has 0 fully saturated rings. The van der Waals surface area contributed by atoms with Crippen molar-refractivity contribution in [3.63, 3.8) is 0 Å². The van der Waals surface area contributed by atoms with Gasteiger partial charge in [-0.1, -0.05) is 159 Å². The van der Waals surface area contributed by atoms with Crippen LogP contribution >= 0.6 is 0 Å². The molecule has 0 saturated carbocycles. The van der Waals surface area contributed by atoms with Crippen molar-refractivity contribution < 1.29 is 4.74 Å². The highest BCUT2D eigenvalue weighted by molar-refractivity contribution is 6.06. The summed E-state index contributed by atoms with van der Waals surface area (Å²) in [4.78, 5) is 4.83. The van der Waals surface area contributed by atoms with Crippen LogP contribution in [0.2, 0.25) is 0 Å². The number of fused-ring (bicyclic) bond motifs is 7. The predicted octanol–water partition coefficient (Wildman–Crippen LogP) is 15.0. The molecule has 0 atom stereocenters. The maximum atomic E-state index is 7.03. The van der Waals surface area contributed by atoms with Crippen LogP contribution in [0.3, 0.4) is 0 Å². The van der Waals surface area contributed by atoms with Gasteiger partial charge in [-0.25, -0.2) is 0 Å². The SMILES string of the molecule is CC1(C)c2ccccc2N2c3c(cc(N(c4ccc(-c5ccccc5)cc4)c4ccc(-c5cccc6ccccc56)cc4)cc31)Oc1ccc3ccccc3c12. The Balaban J connectivity index is 1.11. The molecule has 0 N–H and O–H groups in total. The summed E-state index contributed by atoms with van der Waals surface area (Å²) in [5, 5.41) is 4.86. The Morgan fingerprint density at radius 3 is 1.80 bits per heavy atom. The van der Waals surface area contributed by atoms with E-state index in [1.54, 1.807) is 0 Å². The van der Waals surface area contributed by atoms with Crippen LogP contribution < -0.4 is 14.5 Å². The molecular formula is C53H38N2O. The third-order valence-electron chi connectivity index (χ3n) is 11.8. The molecular weight excluding hydrogens is 681 g/mol. The molecule has 266 valence electrons. The number of rotatable bonds is 5. The fraction of sp³-hybridized carbons (Fsp3) is 0.0566. The zero-order valence-electron chi connectivity index (χ0n) is 31.3. The van der Waals surface area contributed by atoms with Gasteiger partial charge in [-0.05, 0) is 92.0 Å². The van der Waals surface area contributed by atoms with Gasteiger partial charge in [-0.3, -0.25) is 0 Å². The van der Waals surface area contributed by atoms with Crippen molar-refractivity contribution in [3.05, 3.63) is 205 Å². The first kappa shape index (κ1) is 32.3. The fourth-order valence-electron chi connectivity index (χ4n) is 9.02. The summed E-state index contributed by atoms with van der Waals surface area (Å²) in [5.41, 5.74) is 13.6. The standard InChI is InChI=1S/C53H38N2O/c1-53(2)46-21-10-11-22-48(46)55-51-45-19-9-7-16-38(45)27-32-49(51)56-50-34-42(33-47(53)52(50)55)54(40-28-23-36(24-29-40)35-13-4-3-5-14-35)41-30-25-39(26-31-41)44-20-12-17-37-15-6-8-18-43(37)44/h3-34H,1-2H3. The van der Waals surface area contributed by atoms with Crippen LogP contribution in [-0.4, -0.2) is 0 Å². The van der Waals surface area contributed by atoms with E-state index in [-0.39, 0.29) is 5.41 Å². The molecule has 0 spiro atoms. The topological polar surface area (TPSA) is 15.7 Å². The molecule has 0 unspecified atom stereocenters. The maximum absolute atomic E-state index is 7.03. The lowest BCUT2D eigenvalue weighted by Crippen LogP contribution is -2.32. The van der Waals surface area contributed by atoms with E-state index < -0.39 is 0 Å². The molecule has 9 aromatic rings. The summed E-state index contributed by atoms with van der Waals surface area (Å²) < 4.78 is 7.03. The monoisotopic (exact) mass is 718 g/mol. The van der Waals surface area contributed by atoms with Crippen molar-refractivity contribution in [2.75, 3.05) is 9.80 Å². The highest BCUT2D eigenvalue weighted by Gasteiger charge is 2.42. The minimum Gasteiger partial charge on any atom is -0.453 e. The maximum Gasteiger partial charge on any atom is 0.153 e. The number of para-hydroxylation sites is 1. The normalized spacial score (nSPS) is 13.4. The number of benzene rings is 9. The molecule has 0 radical (unpaired) electrons. The van der Waals surface area contributed by atoms with E-state index in [0.717, 1.165) is 39.9 Å². The molecule has 0 saturated heterocycles. The summed E-state index contributed by atoms with van der Waals surface area (Å²) in [6.07, 6.45) is 0. The number of nitrogens with zero attached hydrogens (tertiary/aromatic N) is 2. The van der Waals surface area contributed by atoms with Crippen LogP contribution in [-0.2, 0) is 5.41 Å². The summed E-state index contributed by atoms with van der Waals surface area (Å²) in [7, 11) is 0. The summed E-state index contributed by atoms with van der Waals surface area (Å²) in [6.45, 7) is 4.69. The lowest BCUT2D eigenvalue weighted by molar-refractivity contribution is 0.472. The summed E-state index contributed by atoms with van der Waals surface area (Å²) in [6, 6.07) is 70.1. The average molecular weight is 719 g/mol. The third-order valence-corrected chi connectivity index (χ3v) is 11.8. The molecule has 0 bridgehead atoms. The minimum atomic E-state index is -0.306. The molecule has 11 rings (SSSR count). The first-order chi connectivity index (χ1) is 27.5. The Morgan fingerprint density at radius 2 is 1.04 bits per heavy atom. The molecule has 3 heteroatoms. The van der Waals surface area contributed by atoms with Crippen LogP contribution in [0.25, 0.3) is 43.8 Å². The Hall–Kier alpha value is -7.10. The van der Waals surface area contributed by atoms with Gasteiger partial charge < -0.3 is 14.5 Å². The Morgan fingerprint density at radius 1 is 0.429 bits per heavy atom. The van der Waals surface area contributed by atoms with E-state index in [1.165, 1.54) is 60.6 Å². The third kappa shape index (κ3) is 4.98. The van der Waals surface area contributed by atoms with E-state index in [2.05, 4.69) is 218 Å². The highest BCUT2D eigenvalue weighted by Crippen LogP contribution is 2.62. The Labute approximate surface area is 327 Å². The summed E-state index contributed by atoms with van der Waals surface area (Å²) >= 11 is 0. The van der Waals surface area contributed by atoms with Gasteiger partial charge in [0, 0.05) is 28.2 Å². The van der Waals surface area contributed by atoms with Crippen molar-refractivity contribution >= 4 is 55.7 Å². The van der Waals surface area contributed by atoms with Crippen molar-refractivity contribution in [1.29, 1.82) is 0 Å². The minimum absolute atomic E-state index is 0.306. The molecule has 3 nitrogen and oxygen atoms in total. The van der Waals surface area contributed by atoms with Gasteiger partial charge in [-0.2, -0.15) is 0 Å². The molecule has 0 aliphatic carbocycles. The van der Waals surface area contributed by atoms with E-state index in [1.807, 2.05) is 0 Å². The Bertz CT molecular complexity index is 2960. The lowest BCUT2D eigenvalue weighted by Gasteiger charge is -2.45. The number of hydrogen-bond donors (Lipinski definition) is 0. The van der Waals surface area contributed by atoms with E-state index in [9.17, 15) is 0 Å². The van der Waals surface area contributed by atoms with Crippen molar-refractivity contribution in [3.8, 4) is 33.8 Å². The van der Waals surface area contributed by atoms with Gasteiger partial charge in [-0.15, -0.1) is 0 Å². The lowest BCUT2D eigenvalue weighted by atomic mass is 9.73. The number of anilines is 6. The molecule has 2 heterocycles. The van der Waals surface area contributed by atoms with E-state index >= 15 is 0 Å². The molecule has 0 aromatic heterocycles. The Kier molecular flexibility index (Phi) is 7.20. The van der Waals surface area contributed by atoms with Crippen molar-refractivity contribution in [2.45, 2.75) is 19.3 Å². The zero-order valence-corrected chi connectivity index (χ0v) is 31.3. The number of hydrogen-bond acceptors (Lipinski definition) is 3. The highest BCUT2D eigenvalue weighted by atomic mass is 16.5. The molecule has 56 heavy (non-hydrogen) atoms. The van der Waals surface area contributed by atoms with Gasteiger partial charge in [0.15, 0.2) is 11.5 Å². The second kappa shape index (κ2) is 12.5. The second-order valence-electron chi connectivity index (χ2n) is 15.4. The largest absolute Gasteiger partial charge is 0.453 e. The quantitative estimate of drug-likeness (QED) is 0.176. The molecule has 9 aromatic carbocycles. The van der Waals surface area contributed by atoms with Gasteiger partial charge in [0.2, 0.25) is 0 Å². The summed E-state index contributed by atoms with van der Waals surface area (Å²) in [5.74, 6) is 1.70. The zero-order chi connectivity index (χ0) is 37.4. The predicted molar refractivity (Wildman–Crippen MR) is 234 cm³/mol. The van der Waals surface area contributed by atoms with Crippen LogP contribution in [0, 0.1) is 0 Å². The first-order valence-corrected chi connectivity index (χ1v) is 19.3. The van der Waals surface area contributed by atoms with Crippen LogP contribution in [0.4, 0.5) is 34.1 Å². The first-order valence-electron chi connectivity index (χ1n) is 19.3. The van der Waals surface area contributed by atoms with Crippen LogP contribution in [0.15, 0.2) is 194 Å². The van der Waals surface area contributed by atoms with Crippen LogP contribution in [0.5, 0.6) is 11.5 Å². The van der Waals surface area contributed by atoms with E-state index in [0.29, 0.717) is 0 Å². The van der Waals surface area contributed by atoms with E-state index in [4.69, 9.17) is 4.74 Å². The number of ether oxygens (including phenoxy) is 1. The second-order valence-corrected chi connectivity index (χ2v) is 15.4. The van der Waals surface area contributed by atoms with Gasteiger partial charge in [0.25, 0.3) is 0 Å². The molecule has 2 aliphatic heterocycles. The van der Waals surface area contributed by atoms with Crippen LogP contribution in [0.1, 0.15) is 25.0 Å². The van der Waals surface area contributed by atoms with Gasteiger partial charge >= 0.3 is 0 Å². The smallest absolute Gasteiger partial charge is 0.153 e. The van der Waals surface area contributed by atoms with Gasteiger partial charge in [0.1, 0.15) is 0 Å².